The number of amides is 2. The molecule has 0 bridgehead atoms. The minimum Gasteiger partial charge on any atom is -0.497 e. The first-order chi connectivity index (χ1) is 18.5. The van der Waals surface area contributed by atoms with Gasteiger partial charge in [-0.05, 0) is 80.8 Å². The minimum atomic E-state index is -4.31. The van der Waals surface area contributed by atoms with E-state index in [0.29, 0.717) is 17.0 Å². The molecule has 4 aromatic rings. The van der Waals surface area contributed by atoms with E-state index >= 15 is 0 Å². The highest BCUT2D eigenvalue weighted by Crippen LogP contribution is 2.35. The second-order valence-corrected chi connectivity index (χ2v) is 12.4. The summed E-state index contributed by atoms with van der Waals surface area (Å²) in [6, 6.07) is 18.9. The van der Waals surface area contributed by atoms with Crippen molar-refractivity contribution in [3.8, 4) is 39.6 Å². The van der Waals surface area contributed by atoms with Crippen LogP contribution in [0.25, 0.3) is 22.4 Å². The predicted molar refractivity (Wildman–Crippen MR) is 154 cm³/mol. The molecule has 8 nitrogen and oxygen atoms in total. The van der Waals surface area contributed by atoms with Gasteiger partial charge in [0.05, 0.1) is 17.8 Å². The zero-order valence-electron chi connectivity index (χ0n) is 22.4. The zero-order valence-corrected chi connectivity index (χ0v) is 24.1. The van der Waals surface area contributed by atoms with Gasteiger partial charge in [-0.3, -0.25) is 0 Å². The first kappa shape index (κ1) is 28.1. The molecule has 2 amide bonds. The molecular formula is C29H31N3O5S2. The number of nitrogens with zero attached hydrogens (tertiary/aromatic N) is 1. The number of methoxy groups -OCH3 is 1. The molecule has 4 rings (SSSR count). The quantitative estimate of drug-likeness (QED) is 0.248. The van der Waals surface area contributed by atoms with Gasteiger partial charge in [-0.2, -0.15) is 0 Å². The summed E-state index contributed by atoms with van der Waals surface area (Å²) < 4.78 is 40.4. The predicted octanol–water partition coefficient (Wildman–Crippen LogP) is 6.63. The summed E-state index contributed by atoms with van der Waals surface area (Å²) in [4.78, 5) is 16.9. The normalized spacial score (nSPS) is 11.6. The van der Waals surface area contributed by atoms with Crippen LogP contribution in [0.15, 0.2) is 77.0 Å². The molecule has 0 fully saturated rings. The highest BCUT2D eigenvalue weighted by molar-refractivity contribution is 7.90. The standard InChI is InChI=1S/C29H31N3O5S2/c1-6-27-30-24(18-38-27)21-12-15-25(26(17-21)39(34,35)32-28(33)31-29(2,3)4)37-23-9-7-8-20(16-23)19-10-13-22(36-5)14-11-19/h7-18H,6H2,1-5H3,(H2,31,32,33). The highest BCUT2D eigenvalue weighted by atomic mass is 32.2. The van der Waals surface area contributed by atoms with Crippen LogP contribution in [0.1, 0.15) is 32.7 Å². The minimum absolute atomic E-state index is 0.0765. The molecule has 0 saturated carbocycles. The number of aromatic nitrogens is 1. The summed E-state index contributed by atoms with van der Waals surface area (Å²) in [6.07, 6.45) is 0.774. The summed E-state index contributed by atoms with van der Waals surface area (Å²) in [5.74, 6) is 1.26. The largest absolute Gasteiger partial charge is 0.497 e. The van der Waals surface area contributed by atoms with Crippen LogP contribution in [0.3, 0.4) is 0 Å². The van der Waals surface area contributed by atoms with Crippen molar-refractivity contribution >= 4 is 27.4 Å². The van der Waals surface area contributed by atoms with Crippen molar-refractivity contribution in [2.24, 2.45) is 0 Å². The Kier molecular flexibility index (Phi) is 8.27. The van der Waals surface area contributed by atoms with Gasteiger partial charge in [-0.25, -0.2) is 22.9 Å². The van der Waals surface area contributed by atoms with Gasteiger partial charge in [0, 0.05) is 16.5 Å². The Bertz CT molecular complexity index is 1570. The molecule has 0 unspecified atom stereocenters. The van der Waals surface area contributed by atoms with E-state index in [9.17, 15) is 13.2 Å². The lowest BCUT2D eigenvalue weighted by Crippen LogP contribution is -2.48. The van der Waals surface area contributed by atoms with Gasteiger partial charge in [0.25, 0.3) is 10.0 Å². The molecule has 2 N–H and O–H groups in total. The highest BCUT2D eigenvalue weighted by Gasteiger charge is 2.26. The number of ether oxygens (including phenoxy) is 2. The lowest BCUT2D eigenvalue weighted by molar-refractivity contribution is 0.237. The third-order valence-electron chi connectivity index (χ3n) is 5.58. The molecule has 204 valence electrons. The smallest absolute Gasteiger partial charge is 0.329 e. The summed E-state index contributed by atoms with van der Waals surface area (Å²) in [5, 5.41) is 5.43. The molecule has 39 heavy (non-hydrogen) atoms. The number of aryl methyl sites for hydroxylation is 1. The number of hydrogen-bond acceptors (Lipinski definition) is 7. The SMILES string of the molecule is CCc1nc(-c2ccc(Oc3cccc(-c4ccc(OC)cc4)c3)c(S(=O)(=O)NC(=O)NC(C)(C)C)c2)cs1. The topological polar surface area (TPSA) is 107 Å². The number of carbonyl (C=O) groups is 1. The Labute approximate surface area is 233 Å². The van der Waals surface area contributed by atoms with Crippen molar-refractivity contribution in [3.05, 3.63) is 77.1 Å². The number of rotatable bonds is 8. The zero-order chi connectivity index (χ0) is 28.2. The Hall–Kier alpha value is -3.89. The first-order valence-electron chi connectivity index (χ1n) is 12.3. The molecule has 0 radical (unpaired) electrons. The van der Waals surface area contributed by atoms with E-state index in [1.165, 1.54) is 17.4 Å². The Balaban J connectivity index is 1.71. The van der Waals surface area contributed by atoms with Gasteiger partial charge < -0.3 is 14.8 Å². The summed E-state index contributed by atoms with van der Waals surface area (Å²) in [7, 11) is -2.70. The van der Waals surface area contributed by atoms with Crippen LogP contribution in [0.5, 0.6) is 17.2 Å². The van der Waals surface area contributed by atoms with Gasteiger partial charge >= 0.3 is 6.03 Å². The van der Waals surface area contributed by atoms with E-state index in [4.69, 9.17) is 9.47 Å². The van der Waals surface area contributed by atoms with Crippen molar-refractivity contribution in [2.45, 2.75) is 44.6 Å². The average Bonchev–Trinajstić information content (AvgIpc) is 3.37. The van der Waals surface area contributed by atoms with Crippen LogP contribution in [-0.2, 0) is 16.4 Å². The number of benzene rings is 3. The molecule has 0 atom stereocenters. The number of carbonyl (C=O) groups excluding carboxylic acids is 1. The van der Waals surface area contributed by atoms with E-state index in [2.05, 4.69) is 15.0 Å². The van der Waals surface area contributed by atoms with Crippen LogP contribution in [-0.4, -0.2) is 32.1 Å². The second kappa shape index (κ2) is 11.5. The summed E-state index contributed by atoms with van der Waals surface area (Å²) >= 11 is 1.50. The van der Waals surface area contributed by atoms with E-state index in [0.717, 1.165) is 28.3 Å². The van der Waals surface area contributed by atoms with Gasteiger partial charge in [0.2, 0.25) is 0 Å². The number of sulfonamides is 1. The third-order valence-corrected chi connectivity index (χ3v) is 7.93. The fraction of sp³-hybridized carbons (Fsp3) is 0.241. The lowest BCUT2D eigenvalue weighted by atomic mass is 10.1. The van der Waals surface area contributed by atoms with Gasteiger partial charge in [-0.15, -0.1) is 11.3 Å². The van der Waals surface area contributed by atoms with E-state index in [1.54, 1.807) is 46.1 Å². The van der Waals surface area contributed by atoms with E-state index in [1.807, 2.05) is 54.8 Å². The molecule has 10 heteroatoms. The van der Waals surface area contributed by atoms with Gasteiger partial charge in [0.1, 0.15) is 22.1 Å². The van der Waals surface area contributed by atoms with Crippen molar-refractivity contribution in [1.82, 2.24) is 15.0 Å². The van der Waals surface area contributed by atoms with E-state index in [-0.39, 0.29) is 10.6 Å². The molecule has 0 saturated heterocycles. The Morgan fingerprint density at radius 2 is 1.67 bits per heavy atom. The maximum absolute atomic E-state index is 13.5. The summed E-state index contributed by atoms with van der Waals surface area (Å²) in [6.45, 7) is 7.29. The lowest BCUT2D eigenvalue weighted by Gasteiger charge is -2.21. The molecule has 0 aliphatic carbocycles. The molecule has 3 aromatic carbocycles. The van der Waals surface area contributed by atoms with Crippen molar-refractivity contribution in [3.63, 3.8) is 0 Å². The second-order valence-electron chi connectivity index (χ2n) is 9.81. The third kappa shape index (κ3) is 7.15. The molecule has 0 spiro atoms. The molecule has 0 aliphatic heterocycles. The number of thiazole rings is 1. The molecular weight excluding hydrogens is 534 g/mol. The van der Waals surface area contributed by atoms with Crippen molar-refractivity contribution < 1.29 is 22.7 Å². The Morgan fingerprint density at radius 1 is 0.949 bits per heavy atom. The summed E-state index contributed by atoms with van der Waals surface area (Å²) in [5.41, 5.74) is 2.45. The van der Waals surface area contributed by atoms with Crippen LogP contribution in [0, 0.1) is 0 Å². The van der Waals surface area contributed by atoms with Crippen LogP contribution in [0.2, 0.25) is 0 Å². The Morgan fingerprint density at radius 3 is 2.31 bits per heavy atom. The van der Waals surface area contributed by atoms with E-state index < -0.39 is 21.6 Å². The number of nitrogens with one attached hydrogen (secondary N) is 2. The number of hydrogen-bond donors (Lipinski definition) is 2. The maximum Gasteiger partial charge on any atom is 0.329 e. The van der Waals surface area contributed by atoms with Crippen molar-refractivity contribution in [1.29, 1.82) is 0 Å². The first-order valence-corrected chi connectivity index (χ1v) is 14.7. The maximum atomic E-state index is 13.5. The molecule has 1 heterocycles. The average molecular weight is 566 g/mol. The monoisotopic (exact) mass is 565 g/mol. The van der Waals surface area contributed by atoms with Crippen molar-refractivity contribution in [2.75, 3.05) is 7.11 Å². The fourth-order valence-corrected chi connectivity index (χ4v) is 5.58. The van der Waals surface area contributed by atoms with Crippen LogP contribution < -0.4 is 19.5 Å². The van der Waals surface area contributed by atoms with Crippen LogP contribution in [0.4, 0.5) is 4.79 Å². The molecule has 1 aromatic heterocycles. The molecule has 0 aliphatic rings. The van der Waals surface area contributed by atoms with Gasteiger partial charge in [-0.1, -0.05) is 31.2 Å². The van der Waals surface area contributed by atoms with Crippen LogP contribution >= 0.6 is 11.3 Å². The fourth-order valence-electron chi connectivity index (χ4n) is 3.76. The number of urea groups is 1. The van der Waals surface area contributed by atoms with Gasteiger partial charge in [0.15, 0.2) is 0 Å².